The fourth-order valence-electron chi connectivity index (χ4n) is 2.45. The Hall–Kier alpha value is -2.64. The van der Waals surface area contributed by atoms with E-state index in [0.717, 1.165) is 28.6 Å². The Morgan fingerprint density at radius 2 is 1.85 bits per heavy atom. The van der Waals surface area contributed by atoms with Crippen LogP contribution in [0.2, 0.25) is 0 Å². The summed E-state index contributed by atoms with van der Waals surface area (Å²) in [6.45, 7) is 0.508. The number of carbonyl (C=O) groups is 2. The Labute approximate surface area is 166 Å². The van der Waals surface area contributed by atoms with Gasteiger partial charge in [0.05, 0.1) is 4.91 Å². The summed E-state index contributed by atoms with van der Waals surface area (Å²) in [5, 5.41) is 10.6. The van der Waals surface area contributed by atoms with Crippen LogP contribution in [0.3, 0.4) is 0 Å². The molecule has 7 heteroatoms. The number of thiocarbonyl (C=S) groups is 1. The average molecular weight is 398 g/mol. The molecule has 0 unspecified atom stereocenters. The third kappa shape index (κ3) is 5.18. The lowest BCUT2D eigenvalue weighted by molar-refractivity contribution is -0.305. The van der Waals surface area contributed by atoms with Gasteiger partial charge in [-0.1, -0.05) is 66.4 Å². The first-order chi connectivity index (χ1) is 13.0. The lowest BCUT2D eigenvalue weighted by atomic mass is 10.2. The highest BCUT2D eigenvalue weighted by atomic mass is 32.2. The molecule has 0 saturated carbocycles. The van der Waals surface area contributed by atoms with E-state index in [9.17, 15) is 14.7 Å². The summed E-state index contributed by atoms with van der Waals surface area (Å²) in [5.74, 6) is -0.757. The van der Waals surface area contributed by atoms with Crippen LogP contribution in [0.4, 0.5) is 0 Å². The maximum absolute atomic E-state index is 12.4. The van der Waals surface area contributed by atoms with E-state index >= 15 is 0 Å². The van der Waals surface area contributed by atoms with Gasteiger partial charge in [0.15, 0.2) is 0 Å². The number of amides is 1. The topological polar surface area (TPSA) is 69.7 Å². The van der Waals surface area contributed by atoms with Crippen molar-refractivity contribution in [2.24, 2.45) is 0 Å². The molecule has 1 heterocycles. The smallest absolute Gasteiger partial charge is 0.266 e. The third-order valence-corrected chi connectivity index (χ3v) is 5.22. The lowest BCUT2D eigenvalue weighted by Crippen LogP contribution is -2.33. The fourth-order valence-corrected chi connectivity index (χ4v) is 3.76. The number of ether oxygens (including phenoxy) is 1. The number of thioether (sulfide) groups is 1. The molecule has 0 atom stereocenters. The van der Waals surface area contributed by atoms with E-state index in [2.05, 4.69) is 0 Å². The van der Waals surface area contributed by atoms with Crippen molar-refractivity contribution in [2.75, 3.05) is 6.54 Å². The molecule has 27 heavy (non-hydrogen) atoms. The SMILES string of the molecule is O=C([O-])CCN1C(=O)/C(=C/c2ccc(OCc3ccccc3)cc2)SC1=S. The maximum Gasteiger partial charge on any atom is 0.266 e. The summed E-state index contributed by atoms with van der Waals surface area (Å²) in [6, 6.07) is 17.3. The second-order valence-electron chi connectivity index (χ2n) is 5.80. The van der Waals surface area contributed by atoms with Crippen molar-refractivity contribution in [3.05, 3.63) is 70.6 Å². The van der Waals surface area contributed by atoms with E-state index in [0.29, 0.717) is 15.8 Å². The number of aliphatic carboxylic acids is 1. The zero-order valence-electron chi connectivity index (χ0n) is 14.3. The van der Waals surface area contributed by atoms with Gasteiger partial charge in [-0.25, -0.2) is 0 Å². The quantitative estimate of drug-likeness (QED) is 0.528. The van der Waals surface area contributed by atoms with Gasteiger partial charge in [-0.3, -0.25) is 9.69 Å². The minimum Gasteiger partial charge on any atom is -0.550 e. The van der Waals surface area contributed by atoms with Crippen LogP contribution in [0.25, 0.3) is 6.08 Å². The van der Waals surface area contributed by atoms with E-state index in [1.54, 1.807) is 6.08 Å². The summed E-state index contributed by atoms with van der Waals surface area (Å²) in [4.78, 5) is 24.7. The number of hydrogen-bond donors (Lipinski definition) is 0. The summed E-state index contributed by atoms with van der Waals surface area (Å²) < 4.78 is 6.10. The van der Waals surface area contributed by atoms with Crippen LogP contribution in [-0.4, -0.2) is 27.6 Å². The Kier molecular flexibility index (Phi) is 6.26. The van der Waals surface area contributed by atoms with Gasteiger partial charge in [-0.2, -0.15) is 0 Å². The zero-order chi connectivity index (χ0) is 19.2. The van der Waals surface area contributed by atoms with Gasteiger partial charge in [-0.05, 0) is 29.3 Å². The molecule has 1 aliphatic heterocycles. The number of carboxylic acid groups (broad SMARTS) is 1. The summed E-state index contributed by atoms with van der Waals surface area (Å²) in [6.07, 6.45) is 1.49. The van der Waals surface area contributed by atoms with Gasteiger partial charge in [0, 0.05) is 18.9 Å². The molecule has 1 amide bonds. The molecule has 0 radical (unpaired) electrons. The normalized spacial score (nSPS) is 15.4. The van der Waals surface area contributed by atoms with E-state index in [-0.39, 0.29) is 18.9 Å². The predicted molar refractivity (Wildman–Crippen MR) is 107 cm³/mol. The van der Waals surface area contributed by atoms with Crippen LogP contribution >= 0.6 is 24.0 Å². The molecule has 138 valence electrons. The highest BCUT2D eigenvalue weighted by Gasteiger charge is 2.31. The van der Waals surface area contributed by atoms with E-state index < -0.39 is 5.97 Å². The van der Waals surface area contributed by atoms with Crippen LogP contribution in [0.1, 0.15) is 17.5 Å². The van der Waals surface area contributed by atoms with E-state index in [1.807, 2.05) is 54.6 Å². The first-order valence-corrected chi connectivity index (χ1v) is 9.47. The van der Waals surface area contributed by atoms with Gasteiger partial charge in [-0.15, -0.1) is 0 Å². The molecule has 1 aliphatic rings. The predicted octanol–water partition coefficient (Wildman–Crippen LogP) is 2.61. The number of benzene rings is 2. The minimum atomic E-state index is -1.21. The molecule has 1 saturated heterocycles. The van der Waals surface area contributed by atoms with Gasteiger partial charge < -0.3 is 14.6 Å². The molecule has 5 nitrogen and oxygen atoms in total. The van der Waals surface area contributed by atoms with Crippen LogP contribution in [0.15, 0.2) is 59.5 Å². The Morgan fingerprint density at radius 3 is 2.52 bits per heavy atom. The van der Waals surface area contributed by atoms with Gasteiger partial charge in [0.2, 0.25) is 0 Å². The van der Waals surface area contributed by atoms with Crippen molar-refractivity contribution < 1.29 is 19.4 Å². The number of carbonyl (C=O) groups excluding carboxylic acids is 2. The summed E-state index contributed by atoms with van der Waals surface area (Å²) in [7, 11) is 0. The maximum atomic E-state index is 12.4. The molecule has 2 aromatic rings. The number of hydrogen-bond acceptors (Lipinski definition) is 6. The Morgan fingerprint density at radius 1 is 1.15 bits per heavy atom. The molecule has 0 N–H and O–H groups in total. The second-order valence-corrected chi connectivity index (χ2v) is 7.47. The molecule has 1 fully saturated rings. The Bertz CT molecular complexity index is 879. The van der Waals surface area contributed by atoms with Crippen molar-refractivity contribution in [3.63, 3.8) is 0 Å². The number of rotatable bonds is 7. The fraction of sp³-hybridized carbons (Fsp3) is 0.150. The van der Waals surface area contributed by atoms with Gasteiger partial charge >= 0.3 is 0 Å². The van der Waals surface area contributed by atoms with E-state index in [4.69, 9.17) is 17.0 Å². The standard InChI is InChI=1S/C20H17NO4S2/c22-18(23)10-11-21-19(24)17(27-20(21)26)12-14-6-8-16(9-7-14)25-13-15-4-2-1-3-5-15/h1-9,12H,10-11,13H2,(H,22,23)/p-1/b17-12-. The second kappa shape index (κ2) is 8.83. The largest absolute Gasteiger partial charge is 0.550 e. The van der Waals surface area contributed by atoms with Crippen LogP contribution < -0.4 is 9.84 Å². The van der Waals surface area contributed by atoms with Gasteiger partial charge in [0.1, 0.15) is 16.7 Å². The van der Waals surface area contributed by atoms with Gasteiger partial charge in [0.25, 0.3) is 5.91 Å². The number of nitrogens with zero attached hydrogens (tertiary/aromatic N) is 1. The first-order valence-electron chi connectivity index (χ1n) is 8.25. The summed E-state index contributed by atoms with van der Waals surface area (Å²) >= 11 is 6.32. The molecule has 0 aromatic heterocycles. The highest BCUT2D eigenvalue weighted by Crippen LogP contribution is 2.32. The molecule has 0 bridgehead atoms. The number of carboxylic acids is 1. The molecule has 0 spiro atoms. The van der Waals surface area contributed by atoms with Crippen molar-refractivity contribution in [1.29, 1.82) is 0 Å². The van der Waals surface area contributed by atoms with Crippen molar-refractivity contribution in [1.82, 2.24) is 4.90 Å². The van der Waals surface area contributed by atoms with Crippen LogP contribution in [0.5, 0.6) is 5.75 Å². The average Bonchev–Trinajstić information content (AvgIpc) is 2.93. The molecular weight excluding hydrogens is 382 g/mol. The van der Waals surface area contributed by atoms with E-state index in [1.165, 1.54) is 4.90 Å². The minimum absolute atomic E-state index is 0.0244. The summed E-state index contributed by atoms with van der Waals surface area (Å²) in [5.41, 5.74) is 1.92. The molecular formula is C20H16NO4S2-. The molecule has 2 aromatic carbocycles. The Balaban J connectivity index is 1.62. The highest BCUT2D eigenvalue weighted by molar-refractivity contribution is 8.26. The van der Waals surface area contributed by atoms with Crippen molar-refractivity contribution in [2.45, 2.75) is 13.0 Å². The van der Waals surface area contributed by atoms with Crippen molar-refractivity contribution in [3.8, 4) is 5.75 Å². The monoisotopic (exact) mass is 398 g/mol. The van der Waals surface area contributed by atoms with Crippen molar-refractivity contribution >= 4 is 46.3 Å². The molecule has 3 rings (SSSR count). The first kappa shape index (κ1) is 19.1. The van der Waals surface area contributed by atoms with Crippen LogP contribution in [-0.2, 0) is 16.2 Å². The zero-order valence-corrected chi connectivity index (χ0v) is 15.9. The lowest BCUT2D eigenvalue weighted by Gasteiger charge is -2.14. The third-order valence-electron chi connectivity index (χ3n) is 3.84. The van der Waals surface area contributed by atoms with Crippen LogP contribution in [0, 0.1) is 0 Å². The molecule has 0 aliphatic carbocycles.